The fourth-order valence-corrected chi connectivity index (χ4v) is 2.82. The summed E-state index contributed by atoms with van der Waals surface area (Å²) in [6.45, 7) is 1.29. The quantitative estimate of drug-likeness (QED) is 0.321. The number of carboxylic acids is 1. The lowest BCUT2D eigenvalue weighted by molar-refractivity contribution is -0.141. The second kappa shape index (κ2) is 11.5. The second-order valence-corrected chi connectivity index (χ2v) is 7.01. The van der Waals surface area contributed by atoms with Gasteiger partial charge in [-0.05, 0) is 48.7 Å². The van der Waals surface area contributed by atoms with Crippen molar-refractivity contribution in [1.82, 2.24) is 5.32 Å². The average molecular weight is 427 g/mol. The van der Waals surface area contributed by atoms with Crippen molar-refractivity contribution in [3.8, 4) is 11.5 Å². The number of aliphatic carboxylic acids is 1. The normalized spacial score (nSPS) is 11.3. The number of methoxy groups -OCH3 is 1. The van der Waals surface area contributed by atoms with E-state index in [1.807, 2.05) is 12.1 Å². The van der Waals surface area contributed by atoms with Gasteiger partial charge >= 0.3 is 11.9 Å². The fraction of sp³-hybridized carbons (Fsp3) is 0.304. The third-order valence-electron chi connectivity index (χ3n) is 4.42. The summed E-state index contributed by atoms with van der Waals surface area (Å²) in [5.74, 6) is -1.49. The number of hydrogen-bond donors (Lipinski definition) is 2. The Hall–Kier alpha value is -3.68. The van der Waals surface area contributed by atoms with Gasteiger partial charge in [-0.1, -0.05) is 24.3 Å². The molecule has 0 spiro atoms. The molecule has 0 fully saturated rings. The summed E-state index contributed by atoms with van der Waals surface area (Å²) in [4.78, 5) is 46.2. The van der Waals surface area contributed by atoms with E-state index in [9.17, 15) is 24.3 Å². The van der Waals surface area contributed by atoms with Gasteiger partial charge in [-0.3, -0.25) is 14.4 Å². The molecule has 0 radical (unpaired) electrons. The minimum Gasteiger partial charge on any atom is -0.497 e. The van der Waals surface area contributed by atoms with E-state index in [0.29, 0.717) is 12.0 Å². The zero-order valence-electron chi connectivity index (χ0n) is 17.4. The molecule has 1 atom stereocenters. The predicted octanol–water partition coefficient (Wildman–Crippen LogP) is 2.32. The van der Waals surface area contributed by atoms with Crippen molar-refractivity contribution in [1.29, 1.82) is 0 Å². The van der Waals surface area contributed by atoms with Crippen molar-refractivity contribution in [3.05, 3.63) is 59.7 Å². The van der Waals surface area contributed by atoms with Gasteiger partial charge in [0, 0.05) is 12.8 Å². The van der Waals surface area contributed by atoms with Crippen molar-refractivity contribution in [2.45, 2.75) is 38.6 Å². The van der Waals surface area contributed by atoms with E-state index in [1.165, 1.54) is 19.1 Å². The van der Waals surface area contributed by atoms with Crippen molar-refractivity contribution in [2.75, 3.05) is 7.11 Å². The molecule has 0 aliphatic rings. The third-order valence-corrected chi connectivity index (χ3v) is 4.42. The number of benzene rings is 2. The van der Waals surface area contributed by atoms with Crippen LogP contribution in [0.4, 0.5) is 0 Å². The first-order valence-corrected chi connectivity index (χ1v) is 9.71. The number of ether oxygens (including phenoxy) is 2. The molecule has 0 bridgehead atoms. The molecule has 0 heterocycles. The number of nitrogens with one attached hydrogen (secondary N) is 1. The van der Waals surface area contributed by atoms with Crippen LogP contribution in [0.5, 0.6) is 11.5 Å². The summed E-state index contributed by atoms with van der Waals surface area (Å²) in [5.41, 5.74) is 1.59. The van der Waals surface area contributed by atoms with Gasteiger partial charge in [-0.15, -0.1) is 0 Å². The molecule has 8 heteroatoms. The number of carbonyl (C=O) groups excluding carboxylic acids is 3. The van der Waals surface area contributed by atoms with E-state index in [1.54, 1.807) is 31.4 Å². The van der Waals surface area contributed by atoms with Crippen LogP contribution < -0.4 is 14.8 Å². The number of hydrogen-bond acceptors (Lipinski definition) is 6. The molecule has 2 aromatic carbocycles. The molecule has 2 aromatic rings. The van der Waals surface area contributed by atoms with Crippen LogP contribution in [0.25, 0.3) is 0 Å². The van der Waals surface area contributed by atoms with E-state index in [2.05, 4.69) is 5.32 Å². The molecule has 0 saturated heterocycles. The number of rotatable bonds is 11. The molecule has 8 nitrogen and oxygen atoms in total. The fourth-order valence-electron chi connectivity index (χ4n) is 2.82. The smallest absolute Gasteiger partial charge is 0.326 e. The van der Waals surface area contributed by atoms with Gasteiger partial charge in [-0.25, -0.2) is 4.79 Å². The monoisotopic (exact) mass is 427 g/mol. The molecule has 164 valence electrons. The Morgan fingerprint density at radius 3 is 2.06 bits per heavy atom. The van der Waals surface area contributed by atoms with Gasteiger partial charge in [0.25, 0.3) is 0 Å². The largest absolute Gasteiger partial charge is 0.497 e. The number of carbonyl (C=O) groups is 4. The van der Waals surface area contributed by atoms with E-state index in [4.69, 9.17) is 9.47 Å². The second-order valence-electron chi connectivity index (χ2n) is 7.01. The number of esters is 1. The van der Waals surface area contributed by atoms with E-state index < -0.39 is 18.0 Å². The average Bonchev–Trinajstić information content (AvgIpc) is 2.72. The standard InChI is InChI=1S/C23H25NO7/c1-15(25)13-22(27)31-19-10-5-17(6-11-19)14-20(23(28)29)24-21(26)12-7-16-3-8-18(30-2)9-4-16/h3-6,8-11,20H,7,12-14H2,1-2H3,(H,24,26)(H,28,29). The number of Topliss-reactive ketones (excluding diaryl/α,β-unsaturated/α-hetero) is 1. The highest BCUT2D eigenvalue weighted by atomic mass is 16.5. The SMILES string of the molecule is COc1ccc(CCC(=O)NC(Cc2ccc(OC(=O)CC(C)=O)cc2)C(=O)O)cc1. The highest BCUT2D eigenvalue weighted by Crippen LogP contribution is 2.15. The Bertz CT molecular complexity index is 920. The summed E-state index contributed by atoms with van der Waals surface area (Å²) in [6.07, 6.45) is 0.389. The molecule has 0 aliphatic heterocycles. The van der Waals surface area contributed by atoms with Gasteiger partial charge in [-0.2, -0.15) is 0 Å². The van der Waals surface area contributed by atoms with Gasteiger partial charge in [0.05, 0.1) is 7.11 Å². The highest BCUT2D eigenvalue weighted by Gasteiger charge is 2.20. The molecule has 0 aliphatic carbocycles. The number of ketones is 1. The molecule has 2 N–H and O–H groups in total. The van der Waals surface area contributed by atoms with Crippen molar-refractivity contribution < 1.29 is 33.8 Å². The van der Waals surface area contributed by atoms with Crippen LogP contribution >= 0.6 is 0 Å². The minimum atomic E-state index is -1.14. The maximum Gasteiger partial charge on any atom is 0.326 e. The van der Waals surface area contributed by atoms with E-state index in [-0.39, 0.29) is 36.7 Å². The molecule has 0 aromatic heterocycles. The summed E-state index contributed by atoms with van der Waals surface area (Å²) < 4.78 is 10.1. The van der Waals surface area contributed by atoms with Crippen LogP contribution in [0, 0.1) is 0 Å². The zero-order chi connectivity index (χ0) is 22.8. The number of aryl methyl sites for hydroxylation is 1. The first kappa shape index (κ1) is 23.6. The molecular weight excluding hydrogens is 402 g/mol. The van der Waals surface area contributed by atoms with Crippen LogP contribution in [0.3, 0.4) is 0 Å². The van der Waals surface area contributed by atoms with E-state index >= 15 is 0 Å². The van der Waals surface area contributed by atoms with Crippen molar-refractivity contribution in [2.24, 2.45) is 0 Å². The zero-order valence-corrected chi connectivity index (χ0v) is 17.4. The van der Waals surface area contributed by atoms with Crippen LogP contribution in [0.15, 0.2) is 48.5 Å². The van der Waals surface area contributed by atoms with Crippen molar-refractivity contribution >= 4 is 23.6 Å². The lowest BCUT2D eigenvalue weighted by atomic mass is 10.0. The van der Waals surface area contributed by atoms with Crippen LogP contribution in [0.1, 0.15) is 30.9 Å². The lowest BCUT2D eigenvalue weighted by Crippen LogP contribution is -2.42. The lowest BCUT2D eigenvalue weighted by Gasteiger charge is -2.15. The van der Waals surface area contributed by atoms with Crippen LogP contribution in [0.2, 0.25) is 0 Å². The van der Waals surface area contributed by atoms with E-state index in [0.717, 1.165) is 11.3 Å². The maximum atomic E-state index is 12.2. The third kappa shape index (κ3) is 8.30. The molecule has 1 amide bonds. The molecule has 1 unspecified atom stereocenters. The van der Waals surface area contributed by atoms with Gasteiger partial charge in [0.1, 0.15) is 29.7 Å². The predicted molar refractivity (Wildman–Crippen MR) is 112 cm³/mol. The summed E-state index contributed by atoms with van der Waals surface area (Å²) in [5, 5.41) is 12.0. The number of amides is 1. The summed E-state index contributed by atoms with van der Waals surface area (Å²) >= 11 is 0. The first-order valence-electron chi connectivity index (χ1n) is 9.71. The molecule has 31 heavy (non-hydrogen) atoms. The Labute approximate surface area is 180 Å². The minimum absolute atomic E-state index is 0.0747. The summed E-state index contributed by atoms with van der Waals surface area (Å²) in [7, 11) is 1.57. The Morgan fingerprint density at radius 1 is 0.935 bits per heavy atom. The molecule has 0 saturated carbocycles. The first-order chi connectivity index (χ1) is 14.8. The Morgan fingerprint density at radius 2 is 1.52 bits per heavy atom. The topological polar surface area (TPSA) is 119 Å². The van der Waals surface area contributed by atoms with Gasteiger partial charge < -0.3 is 19.9 Å². The van der Waals surface area contributed by atoms with Crippen LogP contribution in [-0.2, 0) is 32.0 Å². The van der Waals surface area contributed by atoms with Crippen molar-refractivity contribution in [3.63, 3.8) is 0 Å². The summed E-state index contributed by atoms with van der Waals surface area (Å²) in [6, 6.07) is 12.5. The maximum absolute atomic E-state index is 12.2. The Balaban J connectivity index is 1.88. The highest BCUT2D eigenvalue weighted by molar-refractivity contribution is 5.94. The number of carboxylic acid groups (broad SMARTS) is 1. The molecule has 2 rings (SSSR count). The Kier molecular flexibility index (Phi) is 8.75. The van der Waals surface area contributed by atoms with Crippen LogP contribution in [-0.4, -0.2) is 41.9 Å². The molecular formula is C23H25NO7. The van der Waals surface area contributed by atoms with Gasteiger partial charge in [0.2, 0.25) is 5.91 Å². The van der Waals surface area contributed by atoms with Gasteiger partial charge in [0.15, 0.2) is 0 Å².